The van der Waals surface area contributed by atoms with Gasteiger partial charge in [0.2, 0.25) is 0 Å². The van der Waals surface area contributed by atoms with E-state index in [2.05, 4.69) is 25.2 Å². The van der Waals surface area contributed by atoms with Gasteiger partial charge in [0.05, 0.1) is 12.1 Å². The molecular weight excluding hydrogens is 356 g/mol. The Balaban J connectivity index is 1.47. The van der Waals surface area contributed by atoms with Crippen molar-refractivity contribution in [2.24, 2.45) is 0 Å². The molecule has 0 aromatic carbocycles. The fourth-order valence-corrected chi connectivity index (χ4v) is 3.61. The molecule has 0 aliphatic carbocycles. The Morgan fingerprint density at radius 1 is 1.32 bits per heavy atom. The van der Waals surface area contributed by atoms with Crippen LogP contribution in [0.2, 0.25) is 0 Å². The van der Waals surface area contributed by atoms with E-state index in [0.717, 1.165) is 35.7 Å². The maximum absolute atomic E-state index is 12.6. The summed E-state index contributed by atoms with van der Waals surface area (Å²) < 4.78 is 7.41. The van der Waals surface area contributed by atoms with E-state index in [1.54, 1.807) is 19.6 Å². The van der Waals surface area contributed by atoms with Gasteiger partial charge in [0.25, 0.3) is 5.91 Å². The van der Waals surface area contributed by atoms with Crippen molar-refractivity contribution in [1.82, 2.24) is 24.7 Å². The van der Waals surface area contributed by atoms with Gasteiger partial charge in [0.15, 0.2) is 0 Å². The normalized spacial score (nSPS) is 19.3. The van der Waals surface area contributed by atoms with Crippen LogP contribution in [0.1, 0.15) is 28.2 Å². The highest BCUT2D eigenvalue weighted by Gasteiger charge is 2.33. The van der Waals surface area contributed by atoms with E-state index >= 15 is 0 Å². The molecule has 2 atom stereocenters. The first-order valence-corrected chi connectivity index (χ1v) is 9.35. The van der Waals surface area contributed by atoms with Crippen LogP contribution in [0.25, 0.3) is 5.65 Å². The van der Waals surface area contributed by atoms with Gasteiger partial charge in [-0.15, -0.1) is 0 Å². The summed E-state index contributed by atoms with van der Waals surface area (Å²) in [6.07, 6.45) is 6.16. The topological polar surface area (TPSA) is 84.6 Å². The Morgan fingerprint density at radius 2 is 2.18 bits per heavy atom. The number of nitrogens with zero attached hydrogens (tertiary/aromatic N) is 5. The molecule has 8 nitrogen and oxygen atoms in total. The average molecular weight is 380 g/mol. The number of hydrogen-bond donors (Lipinski definition) is 1. The minimum absolute atomic E-state index is 0.0995. The molecule has 3 aromatic rings. The molecule has 146 valence electrons. The average Bonchev–Trinajstić information content (AvgIpc) is 3.29. The fourth-order valence-electron chi connectivity index (χ4n) is 3.61. The molecular formula is C20H24N6O2. The van der Waals surface area contributed by atoms with Crippen LogP contribution in [0.3, 0.4) is 0 Å². The number of pyridine rings is 1. The molecule has 0 spiro atoms. The lowest BCUT2D eigenvalue weighted by atomic mass is 10.2. The van der Waals surface area contributed by atoms with Crippen molar-refractivity contribution in [1.29, 1.82) is 0 Å². The highest BCUT2D eigenvalue weighted by Crippen LogP contribution is 2.25. The van der Waals surface area contributed by atoms with Gasteiger partial charge in [-0.1, -0.05) is 0 Å². The number of methoxy groups -OCH3 is 1. The third-order valence-electron chi connectivity index (χ3n) is 5.14. The number of hydrogen-bond acceptors (Lipinski definition) is 6. The third-order valence-corrected chi connectivity index (χ3v) is 5.14. The third kappa shape index (κ3) is 3.68. The van der Waals surface area contributed by atoms with E-state index in [4.69, 9.17) is 4.74 Å². The van der Waals surface area contributed by atoms with Gasteiger partial charge >= 0.3 is 0 Å². The number of imidazole rings is 1. The van der Waals surface area contributed by atoms with Gasteiger partial charge in [0, 0.05) is 44.4 Å². The summed E-state index contributed by atoms with van der Waals surface area (Å²) in [5.41, 5.74) is 3.20. The smallest absolute Gasteiger partial charge is 0.271 e. The van der Waals surface area contributed by atoms with Crippen molar-refractivity contribution in [2.75, 3.05) is 25.1 Å². The van der Waals surface area contributed by atoms with Gasteiger partial charge in [-0.25, -0.2) is 15.0 Å². The van der Waals surface area contributed by atoms with Crippen molar-refractivity contribution >= 4 is 17.4 Å². The van der Waals surface area contributed by atoms with Crippen molar-refractivity contribution in [3.63, 3.8) is 0 Å². The van der Waals surface area contributed by atoms with E-state index in [1.165, 1.54) is 0 Å². The van der Waals surface area contributed by atoms with E-state index in [-0.39, 0.29) is 18.1 Å². The number of fused-ring (bicyclic) bond motifs is 1. The van der Waals surface area contributed by atoms with Gasteiger partial charge in [0.1, 0.15) is 23.5 Å². The molecule has 8 heteroatoms. The Morgan fingerprint density at radius 3 is 2.96 bits per heavy atom. The number of aromatic nitrogens is 4. The molecule has 0 bridgehead atoms. The van der Waals surface area contributed by atoms with E-state index in [9.17, 15) is 4.79 Å². The standard InChI is InChI=1S/C20H24N6O2/c1-13-4-5-25-11-17(24-19(25)6-13)20(27)21-9-15-8-16(28-3)10-26(15)18-7-14(2)22-12-23-18/h4-7,11-12,15-16H,8-10H2,1-3H3,(H,21,27)/t15-,16-/m0/s1. The summed E-state index contributed by atoms with van der Waals surface area (Å²) in [6.45, 7) is 5.18. The van der Waals surface area contributed by atoms with Crippen molar-refractivity contribution < 1.29 is 9.53 Å². The minimum Gasteiger partial charge on any atom is -0.380 e. The number of rotatable bonds is 5. The van der Waals surface area contributed by atoms with Crippen LogP contribution in [-0.4, -0.2) is 57.6 Å². The summed E-state index contributed by atoms with van der Waals surface area (Å²) in [5, 5.41) is 3.02. The van der Waals surface area contributed by atoms with Gasteiger partial charge in [-0.2, -0.15) is 0 Å². The summed E-state index contributed by atoms with van der Waals surface area (Å²) in [4.78, 5) is 27.8. The van der Waals surface area contributed by atoms with Crippen LogP contribution in [0.5, 0.6) is 0 Å². The molecule has 1 N–H and O–H groups in total. The van der Waals surface area contributed by atoms with Crippen LogP contribution in [-0.2, 0) is 4.74 Å². The first-order valence-electron chi connectivity index (χ1n) is 9.35. The minimum atomic E-state index is -0.180. The zero-order valence-corrected chi connectivity index (χ0v) is 16.3. The number of carbonyl (C=O) groups excluding carboxylic acids is 1. The van der Waals surface area contributed by atoms with Crippen LogP contribution in [0.15, 0.2) is 36.9 Å². The quantitative estimate of drug-likeness (QED) is 0.726. The second-order valence-electron chi connectivity index (χ2n) is 7.22. The highest BCUT2D eigenvalue weighted by atomic mass is 16.5. The molecule has 0 unspecified atom stereocenters. The summed E-state index contributed by atoms with van der Waals surface area (Å²) in [5.74, 6) is 0.676. The molecule has 1 amide bonds. The summed E-state index contributed by atoms with van der Waals surface area (Å²) in [7, 11) is 1.72. The number of aryl methyl sites for hydroxylation is 2. The van der Waals surface area contributed by atoms with Crippen LogP contribution >= 0.6 is 0 Å². The lowest BCUT2D eigenvalue weighted by Crippen LogP contribution is -2.40. The van der Waals surface area contributed by atoms with Crippen molar-refractivity contribution in [3.8, 4) is 0 Å². The van der Waals surface area contributed by atoms with Crippen LogP contribution in [0, 0.1) is 13.8 Å². The van der Waals surface area contributed by atoms with E-state index in [0.29, 0.717) is 12.2 Å². The maximum atomic E-state index is 12.6. The van der Waals surface area contributed by atoms with Crippen LogP contribution in [0.4, 0.5) is 5.82 Å². The Bertz CT molecular complexity index is 1000. The van der Waals surface area contributed by atoms with Crippen molar-refractivity contribution in [3.05, 3.63) is 53.9 Å². The predicted molar refractivity (Wildman–Crippen MR) is 106 cm³/mol. The SMILES string of the molecule is CO[C@H]1C[C@@H](CNC(=O)c2cn3ccc(C)cc3n2)N(c2cc(C)ncn2)C1. The summed E-state index contributed by atoms with van der Waals surface area (Å²) >= 11 is 0. The predicted octanol–water partition coefficient (Wildman–Crippen LogP) is 1.76. The molecule has 0 saturated carbocycles. The first kappa shape index (κ1) is 18.4. The number of anilines is 1. The van der Waals surface area contributed by atoms with Gasteiger partial charge in [-0.3, -0.25) is 4.79 Å². The molecule has 1 saturated heterocycles. The lowest BCUT2D eigenvalue weighted by molar-refractivity contribution is 0.0942. The molecule has 4 heterocycles. The number of amides is 1. The van der Waals surface area contributed by atoms with Gasteiger partial charge in [-0.05, 0) is 38.0 Å². The Hall–Kier alpha value is -3.00. The van der Waals surface area contributed by atoms with Gasteiger partial charge < -0.3 is 19.4 Å². The molecule has 0 radical (unpaired) electrons. The molecule has 28 heavy (non-hydrogen) atoms. The lowest BCUT2D eigenvalue weighted by Gasteiger charge is -2.25. The molecule has 4 rings (SSSR count). The zero-order valence-electron chi connectivity index (χ0n) is 16.3. The highest BCUT2D eigenvalue weighted by molar-refractivity contribution is 5.92. The fraction of sp³-hybridized carbons (Fsp3) is 0.400. The maximum Gasteiger partial charge on any atom is 0.271 e. The Labute approximate surface area is 163 Å². The zero-order chi connectivity index (χ0) is 19.7. The molecule has 1 fully saturated rings. The van der Waals surface area contributed by atoms with Crippen molar-refractivity contribution in [2.45, 2.75) is 32.4 Å². The second-order valence-corrected chi connectivity index (χ2v) is 7.22. The number of ether oxygens (including phenoxy) is 1. The van der Waals surface area contributed by atoms with E-state index < -0.39 is 0 Å². The monoisotopic (exact) mass is 380 g/mol. The number of nitrogens with one attached hydrogen (secondary N) is 1. The summed E-state index contributed by atoms with van der Waals surface area (Å²) in [6, 6.07) is 6.00. The van der Waals surface area contributed by atoms with E-state index in [1.807, 2.05) is 42.6 Å². The molecule has 3 aromatic heterocycles. The number of carbonyl (C=O) groups is 1. The second kappa shape index (κ2) is 7.55. The molecule has 1 aliphatic rings. The van der Waals surface area contributed by atoms with Crippen LogP contribution < -0.4 is 10.2 Å². The Kier molecular flexibility index (Phi) is 4.95. The first-order chi connectivity index (χ1) is 13.5. The largest absolute Gasteiger partial charge is 0.380 e. The molecule has 1 aliphatic heterocycles.